The molecule has 0 aromatic heterocycles. The molecule has 1 aliphatic rings. The van der Waals surface area contributed by atoms with Crippen LogP contribution in [0.25, 0.3) is 0 Å². The number of rotatable bonds is 35. The molecule has 0 saturated carbocycles. The number of hydrogen-bond donors (Lipinski definition) is 1. The van der Waals surface area contributed by atoms with E-state index in [1.165, 1.54) is 52.7 Å². The average molecular weight is 685 g/mol. The lowest BCUT2D eigenvalue weighted by Gasteiger charge is -2.32. The fraction of sp³-hybridized carbons (Fsp3) is 0.923. The molecular formula is C39H72O9. The third-order valence-corrected chi connectivity index (χ3v) is 9.72. The van der Waals surface area contributed by atoms with Crippen LogP contribution in [0.2, 0.25) is 0 Å². The topological polar surface area (TPSA) is 121 Å². The van der Waals surface area contributed by atoms with Crippen LogP contribution in [-0.2, 0) is 38.1 Å². The first-order valence-electron chi connectivity index (χ1n) is 19.6. The molecule has 0 radical (unpaired) electrons. The summed E-state index contributed by atoms with van der Waals surface area (Å²) >= 11 is 0. The highest BCUT2D eigenvalue weighted by atomic mass is 16.6. The first kappa shape index (κ1) is 44.3. The summed E-state index contributed by atoms with van der Waals surface area (Å²) in [6.07, 6.45) is 23.3. The van der Waals surface area contributed by atoms with E-state index >= 15 is 0 Å². The molecule has 1 heterocycles. The molecule has 1 N–H and O–H groups in total. The Morgan fingerprint density at radius 1 is 0.625 bits per heavy atom. The molecule has 9 nitrogen and oxygen atoms in total. The van der Waals surface area contributed by atoms with Crippen LogP contribution >= 0.6 is 0 Å². The molecule has 0 aliphatic carbocycles. The van der Waals surface area contributed by atoms with Gasteiger partial charge in [-0.05, 0) is 38.5 Å². The van der Waals surface area contributed by atoms with E-state index in [1.807, 2.05) is 0 Å². The number of carbonyl (C=O) groups is 3. The second-order valence-electron chi connectivity index (χ2n) is 13.8. The number of methoxy groups -OCH3 is 2. The molecular weight excluding hydrogens is 612 g/mol. The van der Waals surface area contributed by atoms with E-state index in [0.717, 1.165) is 103 Å². The minimum Gasteiger partial charge on any atom is -0.469 e. The minimum absolute atomic E-state index is 0.0809. The molecule has 9 heteroatoms. The number of aliphatic hydroxyl groups is 1. The maximum atomic E-state index is 11.7. The van der Waals surface area contributed by atoms with Crippen molar-refractivity contribution in [1.82, 2.24) is 0 Å². The van der Waals surface area contributed by atoms with E-state index in [9.17, 15) is 19.5 Å². The summed E-state index contributed by atoms with van der Waals surface area (Å²) in [4.78, 5) is 34.5. The fourth-order valence-electron chi connectivity index (χ4n) is 6.56. The third-order valence-electron chi connectivity index (χ3n) is 9.72. The lowest BCUT2D eigenvalue weighted by molar-refractivity contribution is -0.157. The molecule has 6 unspecified atom stereocenters. The minimum atomic E-state index is -0.590. The fourth-order valence-corrected chi connectivity index (χ4v) is 6.56. The van der Waals surface area contributed by atoms with Crippen molar-refractivity contribution < 1.29 is 43.2 Å². The number of aliphatic hydroxyl groups excluding tert-OH is 1. The van der Waals surface area contributed by atoms with Crippen LogP contribution in [0.4, 0.5) is 0 Å². The molecule has 6 atom stereocenters. The Bertz CT molecular complexity index is 791. The van der Waals surface area contributed by atoms with Gasteiger partial charge in [0.25, 0.3) is 6.47 Å². The second-order valence-corrected chi connectivity index (χ2v) is 13.8. The lowest BCUT2D eigenvalue weighted by atomic mass is 9.96. The number of esters is 2. The molecule has 0 aromatic rings. The summed E-state index contributed by atoms with van der Waals surface area (Å²) in [6.45, 7) is 4.96. The van der Waals surface area contributed by atoms with Crippen molar-refractivity contribution in [3.05, 3.63) is 0 Å². The van der Waals surface area contributed by atoms with Gasteiger partial charge in [0, 0.05) is 19.3 Å². The van der Waals surface area contributed by atoms with E-state index in [0.29, 0.717) is 32.2 Å². The Labute approximate surface area is 292 Å². The SMILES string of the molecule is CCCCCCCCC(OC(CCCCCCCC(=O)OC)C(CC1OC1CCCCC)OC=O)C(O)CCCCCCCC(=O)OC. The maximum absolute atomic E-state index is 11.7. The summed E-state index contributed by atoms with van der Waals surface area (Å²) in [5.41, 5.74) is 0. The summed E-state index contributed by atoms with van der Waals surface area (Å²) in [7, 11) is 2.85. The zero-order chi connectivity index (χ0) is 35.2. The Kier molecular flexibility index (Phi) is 27.8. The van der Waals surface area contributed by atoms with Gasteiger partial charge < -0.3 is 28.8 Å². The van der Waals surface area contributed by atoms with Gasteiger partial charge in [0.15, 0.2) is 0 Å². The number of hydrogen-bond acceptors (Lipinski definition) is 9. The van der Waals surface area contributed by atoms with Crippen LogP contribution in [0.5, 0.6) is 0 Å². The van der Waals surface area contributed by atoms with Gasteiger partial charge >= 0.3 is 11.9 Å². The van der Waals surface area contributed by atoms with Crippen molar-refractivity contribution >= 4 is 18.4 Å². The van der Waals surface area contributed by atoms with Gasteiger partial charge in [-0.25, -0.2) is 0 Å². The standard InChI is InChI=1S/C39H72O9/c1-5-7-9-10-14-20-25-33(32(41)24-19-13-11-16-22-28-38(42)44-3)47-34(27-21-15-12-17-23-29-39(43)45-4)36(46-31-40)30-37-35(48-37)26-18-8-6-2/h31-37,41H,5-30H2,1-4H3. The highest BCUT2D eigenvalue weighted by Crippen LogP contribution is 2.34. The Balaban J connectivity index is 2.85. The third kappa shape index (κ3) is 22.8. The maximum Gasteiger partial charge on any atom is 0.305 e. The van der Waals surface area contributed by atoms with E-state index in [1.54, 1.807) is 0 Å². The Morgan fingerprint density at radius 2 is 1.10 bits per heavy atom. The van der Waals surface area contributed by atoms with E-state index < -0.39 is 12.2 Å². The molecule has 1 saturated heterocycles. The van der Waals surface area contributed by atoms with Gasteiger partial charge in [-0.3, -0.25) is 14.4 Å². The largest absolute Gasteiger partial charge is 0.469 e. The van der Waals surface area contributed by atoms with E-state index in [4.69, 9.17) is 23.7 Å². The lowest BCUT2D eigenvalue weighted by Crippen LogP contribution is -2.40. The smallest absolute Gasteiger partial charge is 0.305 e. The van der Waals surface area contributed by atoms with Crippen LogP contribution in [0, 0.1) is 0 Å². The van der Waals surface area contributed by atoms with Crippen LogP contribution in [0.1, 0.15) is 181 Å². The first-order chi connectivity index (χ1) is 23.4. The first-order valence-corrected chi connectivity index (χ1v) is 19.6. The molecule has 1 rings (SSSR count). The van der Waals surface area contributed by atoms with Gasteiger partial charge in [0.1, 0.15) is 6.10 Å². The highest BCUT2D eigenvalue weighted by molar-refractivity contribution is 5.69. The quantitative estimate of drug-likeness (QED) is 0.0229. The Hall–Kier alpha value is -1.71. The number of unbranched alkanes of at least 4 members (excludes halogenated alkanes) is 15. The highest BCUT2D eigenvalue weighted by Gasteiger charge is 2.42. The van der Waals surface area contributed by atoms with E-state index in [-0.39, 0.29) is 36.4 Å². The van der Waals surface area contributed by atoms with Crippen molar-refractivity contribution in [1.29, 1.82) is 0 Å². The van der Waals surface area contributed by atoms with Crippen LogP contribution in [-0.4, -0.2) is 74.4 Å². The van der Waals surface area contributed by atoms with Crippen molar-refractivity contribution in [3.8, 4) is 0 Å². The average Bonchev–Trinajstić information content (AvgIpc) is 3.84. The molecule has 0 spiro atoms. The molecule has 48 heavy (non-hydrogen) atoms. The molecule has 1 fully saturated rings. The summed E-state index contributed by atoms with van der Waals surface area (Å²) in [5.74, 6) is -0.327. The summed E-state index contributed by atoms with van der Waals surface area (Å²) in [5, 5.41) is 11.4. The number of carbonyl (C=O) groups excluding carboxylic acids is 3. The van der Waals surface area contributed by atoms with Crippen LogP contribution in [0.3, 0.4) is 0 Å². The van der Waals surface area contributed by atoms with Gasteiger partial charge in [-0.15, -0.1) is 0 Å². The van der Waals surface area contributed by atoms with Crippen LogP contribution in [0.15, 0.2) is 0 Å². The zero-order valence-electron chi connectivity index (χ0n) is 31.1. The molecule has 0 aromatic carbocycles. The van der Waals surface area contributed by atoms with Crippen molar-refractivity contribution in [3.63, 3.8) is 0 Å². The van der Waals surface area contributed by atoms with Gasteiger partial charge in [-0.2, -0.15) is 0 Å². The van der Waals surface area contributed by atoms with Crippen molar-refractivity contribution in [2.24, 2.45) is 0 Å². The van der Waals surface area contributed by atoms with Gasteiger partial charge in [-0.1, -0.05) is 123 Å². The second kappa shape index (κ2) is 30.1. The number of epoxide rings is 1. The zero-order valence-corrected chi connectivity index (χ0v) is 31.1. The predicted molar refractivity (Wildman–Crippen MR) is 190 cm³/mol. The predicted octanol–water partition coefficient (Wildman–Crippen LogP) is 8.94. The van der Waals surface area contributed by atoms with Crippen molar-refractivity contribution in [2.45, 2.75) is 217 Å². The van der Waals surface area contributed by atoms with Crippen LogP contribution < -0.4 is 0 Å². The monoisotopic (exact) mass is 685 g/mol. The Morgan fingerprint density at radius 3 is 1.65 bits per heavy atom. The molecule has 1 aliphatic heterocycles. The van der Waals surface area contributed by atoms with Gasteiger partial charge in [0.2, 0.25) is 0 Å². The van der Waals surface area contributed by atoms with E-state index in [2.05, 4.69) is 13.8 Å². The summed E-state index contributed by atoms with van der Waals surface area (Å²) in [6, 6.07) is 0. The summed E-state index contributed by atoms with van der Waals surface area (Å²) < 4.78 is 28.0. The molecule has 0 amide bonds. The van der Waals surface area contributed by atoms with Crippen molar-refractivity contribution in [2.75, 3.05) is 14.2 Å². The van der Waals surface area contributed by atoms with Gasteiger partial charge in [0.05, 0.1) is 44.7 Å². The molecule has 0 bridgehead atoms. The number of ether oxygens (including phenoxy) is 5. The molecule has 282 valence electrons. The normalized spacial score (nSPS) is 18.1.